The minimum Gasteiger partial charge on any atom is -0.494 e. The zero-order chi connectivity index (χ0) is 22.1. The van der Waals surface area contributed by atoms with E-state index in [-0.39, 0.29) is 5.91 Å². The van der Waals surface area contributed by atoms with Gasteiger partial charge in [-0.25, -0.2) is 8.42 Å². The monoisotopic (exact) mass is 447 g/mol. The third kappa shape index (κ3) is 8.20. The first kappa shape index (κ1) is 23.1. The Bertz CT molecular complexity index is 975. The SMILES string of the molecule is CS(=O)(=O)Nc1cccc(C(=O)NCCCOc2cccc(CN3CCOCC3)c2)c1. The smallest absolute Gasteiger partial charge is 0.251 e. The topological polar surface area (TPSA) is 97.0 Å². The van der Waals surface area contributed by atoms with Crippen LogP contribution in [0, 0.1) is 0 Å². The number of hydrogen-bond acceptors (Lipinski definition) is 6. The Balaban J connectivity index is 1.39. The van der Waals surface area contributed by atoms with Crippen LogP contribution in [0.15, 0.2) is 48.5 Å². The standard InChI is InChI=1S/C22H29N3O5S/c1-31(27,28)24-20-7-3-6-19(16-20)22(26)23-9-4-12-30-21-8-2-5-18(15-21)17-25-10-13-29-14-11-25/h2-3,5-8,15-16,24H,4,9-14,17H2,1H3,(H,23,26). The number of anilines is 1. The Labute approximate surface area is 183 Å². The molecule has 2 aromatic carbocycles. The van der Waals surface area contributed by atoms with Gasteiger partial charge < -0.3 is 14.8 Å². The summed E-state index contributed by atoms with van der Waals surface area (Å²) in [7, 11) is -3.39. The molecule has 9 heteroatoms. The van der Waals surface area contributed by atoms with Crippen LogP contribution in [0.25, 0.3) is 0 Å². The van der Waals surface area contributed by atoms with Crippen LogP contribution in [0.3, 0.4) is 0 Å². The van der Waals surface area contributed by atoms with Gasteiger partial charge in [-0.1, -0.05) is 18.2 Å². The van der Waals surface area contributed by atoms with Crippen LogP contribution in [-0.4, -0.2) is 64.9 Å². The third-order valence-corrected chi connectivity index (χ3v) is 5.32. The fourth-order valence-corrected chi connectivity index (χ4v) is 3.81. The number of amides is 1. The lowest BCUT2D eigenvalue weighted by Gasteiger charge is -2.26. The normalized spacial score (nSPS) is 14.7. The highest BCUT2D eigenvalue weighted by atomic mass is 32.2. The van der Waals surface area contributed by atoms with Gasteiger partial charge in [0.25, 0.3) is 5.91 Å². The maximum atomic E-state index is 12.3. The number of carbonyl (C=O) groups excluding carboxylic acids is 1. The molecule has 0 radical (unpaired) electrons. The maximum absolute atomic E-state index is 12.3. The molecule has 0 aliphatic carbocycles. The molecule has 8 nitrogen and oxygen atoms in total. The molecule has 1 aliphatic heterocycles. The first-order chi connectivity index (χ1) is 14.9. The molecule has 31 heavy (non-hydrogen) atoms. The first-order valence-electron chi connectivity index (χ1n) is 10.3. The van der Waals surface area contributed by atoms with E-state index in [9.17, 15) is 13.2 Å². The van der Waals surface area contributed by atoms with Crippen LogP contribution in [0.4, 0.5) is 5.69 Å². The van der Waals surface area contributed by atoms with Gasteiger partial charge in [-0.2, -0.15) is 0 Å². The van der Waals surface area contributed by atoms with E-state index in [1.54, 1.807) is 18.2 Å². The molecule has 0 spiro atoms. The van der Waals surface area contributed by atoms with Crippen molar-refractivity contribution in [2.75, 3.05) is 50.4 Å². The molecule has 0 saturated carbocycles. The number of benzene rings is 2. The van der Waals surface area contributed by atoms with E-state index >= 15 is 0 Å². The molecule has 1 amide bonds. The molecule has 0 bridgehead atoms. The van der Waals surface area contributed by atoms with Crippen molar-refractivity contribution in [2.24, 2.45) is 0 Å². The van der Waals surface area contributed by atoms with Crippen molar-refractivity contribution in [3.05, 3.63) is 59.7 Å². The zero-order valence-corrected chi connectivity index (χ0v) is 18.5. The molecule has 1 aliphatic rings. The molecule has 1 saturated heterocycles. The predicted octanol–water partition coefficient (Wildman–Crippen LogP) is 2.09. The van der Waals surface area contributed by atoms with Gasteiger partial charge in [0.2, 0.25) is 10.0 Å². The van der Waals surface area contributed by atoms with E-state index in [1.165, 1.54) is 11.6 Å². The quantitative estimate of drug-likeness (QED) is 0.542. The molecule has 0 aromatic heterocycles. The summed E-state index contributed by atoms with van der Waals surface area (Å²) in [4.78, 5) is 14.6. The van der Waals surface area contributed by atoms with Crippen LogP contribution in [0.5, 0.6) is 5.75 Å². The third-order valence-electron chi connectivity index (χ3n) is 4.71. The lowest BCUT2D eigenvalue weighted by molar-refractivity contribution is 0.0341. The summed E-state index contributed by atoms with van der Waals surface area (Å²) in [6.45, 7) is 5.26. The van der Waals surface area contributed by atoms with Crippen LogP contribution in [0.1, 0.15) is 22.3 Å². The van der Waals surface area contributed by atoms with E-state index in [4.69, 9.17) is 9.47 Å². The summed E-state index contributed by atoms with van der Waals surface area (Å²) in [5.74, 6) is 0.557. The van der Waals surface area contributed by atoms with Crippen molar-refractivity contribution in [1.29, 1.82) is 0 Å². The molecule has 3 rings (SSSR count). The second kappa shape index (κ2) is 11.1. The van der Waals surface area contributed by atoms with Crippen molar-refractivity contribution < 1.29 is 22.7 Å². The second-order valence-corrected chi connectivity index (χ2v) is 9.20. The highest BCUT2D eigenvalue weighted by Gasteiger charge is 2.11. The second-order valence-electron chi connectivity index (χ2n) is 7.45. The molecule has 2 aromatic rings. The molecule has 168 valence electrons. The highest BCUT2D eigenvalue weighted by molar-refractivity contribution is 7.92. The molecule has 1 fully saturated rings. The molecular weight excluding hydrogens is 418 g/mol. The summed E-state index contributed by atoms with van der Waals surface area (Å²) in [5.41, 5.74) is 1.95. The minimum absolute atomic E-state index is 0.260. The van der Waals surface area contributed by atoms with Crippen molar-refractivity contribution in [3.63, 3.8) is 0 Å². The Hall–Kier alpha value is -2.62. The average Bonchev–Trinajstić information content (AvgIpc) is 2.73. The van der Waals surface area contributed by atoms with Crippen LogP contribution < -0.4 is 14.8 Å². The lowest BCUT2D eigenvalue weighted by atomic mass is 10.2. The van der Waals surface area contributed by atoms with Gasteiger partial charge in [0.1, 0.15) is 5.75 Å². The zero-order valence-electron chi connectivity index (χ0n) is 17.7. The van der Waals surface area contributed by atoms with E-state index in [2.05, 4.69) is 21.0 Å². The number of morpholine rings is 1. The minimum atomic E-state index is -3.39. The fraction of sp³-hybridized carbons (Fsp3) is 0.409. The number of nitrogens with zero attached hydrogens (tertiary/aromatic N) is 1. The first-order valence-corrected chi connectivity index (χ1v) is 12.2. The van der Waals surface area contributed by atoms with Crippen molar-refractivity contribution in [1.82, 2.24) is 10.2 Å². The molecule has 2 N–H and O–H groups in total. The summed E-state index contributed by atoms with van der Waals surface area (Å²) < 4.78 is 36.2. The van der Waals surface area contributed by atoms with Crippen LogP contribution >= 0.6 is 0 Å². The van der Waals surface area contributed by atoms with Gasteiger partial charge in [0.05, 0.1) is 26.1 Å². The molecule has 0 unspecified atom stereocenters. The summed E-state index contributed by atoms with van der Waals surface area (Å²) in [5, 5.41) is 2.83. The fourth-order valence-electron chi connectivity index (χ4n) is 3.26. The van der Waals surface area contributed by atoms with Gasteiger partial charge in [-0.15, -0.1) is 0 Å². The summed E-state index contributed by atoms with van der Waals surface area (Å²) >= 11 is 0. The van der Waals surface area contributed by atoms with Crippen molar-refractivity contribution >= 4 is 21.6 Å². The van der Waals surface area contributed by atoms with Crippen molar-refractivity contribution in [2.45, 2.75) is 13.0 Å². The number of carbonyl (C=O) groups is 1. The molecule has 0 atom stereocenters. The van der Waals surface area contributed by atoms with Gasteiger partial charge in [0.15, 0.2) is 0 Å². The van der Waals surface area contributed by atoms with E-state index in [0.29, 0.717) is 30.8 Å². The van der Waals surface area contributed by atoms with Gasteiger partial charge in [-0.05, 0) is 42.3 Å². The molecular formula is C22H29N3O5S. The number of rotatable bonds is 10. The Morgan fingerprint density at radius 3 is 2.68 bits per heavy atom. The van der Waals surface area contributed by atoms with Gasteiger partial charge in [0, 0.05) is 37.4 Å². The largest absolute Gasteiger partial charge is 0.494 e. The lowest BCUT2D eigenvalue weighted by Crippen LogP contribution is -2.35. The van der Waals surface area contributed by atoms with E-state index in [1.807, 2.05) is 18.2 Å². The van der Waals surface area contributed by atoms with Crippen LogP contribution in [0.2, 0.25) is 0 Å². The number of sulfonamides is 1. The summed E-state index contributed by atoms with van der Waals surface area (Å²) in [6.07, 6.45) is 1.72. The van der Waals surface area contributed by atoms with E-state index in [0.717, 1.165) is 44.9 Å². The van der Waals surface area contributed by atoms with Gasteiger partial charge in [-0.3, -0.25) is 14.4 Å². The van der Waals surface area contributed by atoms with Gasteiger partial charge >= 0.3 is 0 Å². The maximum Gasteiger partial charge on any atom is 0.251 e. The molecule has 1 heterocycles. The Morgan fingerprint density at radius 1 is 1.13 bits per heavy atom. The Kier molecular flexibility index (Phi) is 8.27. The number of ether oxygens (including phenoxy) is 2. The highest BCUT2D eigenvalue weighted by Crippen LogP contribution is 2.16. The average molecular weight is 448 g/mol. The number of hydrogen-bond donors (Lipinski definition) is 2. The van der Waals surface area contributed by atoms with E-state index < -0.39 is 10.0 Å². The van der Waals surface area contributed by atoms with Crippen molar-refractivity contribution in [3.8, 4) is 5.75 Å². The predicted molar refractivity (Wildman–Crippen MR) is 120 cm³/mol. The Morgan fingerprint density at radius 2 is 1.90 bits per heavy atom. The number of nitrogens with one attached hydrogen (secondary N) is 2. The van der Waals surface area contributed by atoms with Crippen LogP contribution in [-0.2, 0) is 21.3 Å². The summed E-state index contributed by atoms with van der Waals surface area (Å²) in [6, 6.07) is 14.4.